The van der Waals surface area contributed by atoms with Crippen LogP contribution in [0.2, 0.25) is 0 Å². The molecule has 108 valence electrons. The predicted octanol–water partition coefficient (Wildman–Crippen LogP) is 1.77. The van der Waals surface area contributed by atoms with E-state index >= 15 is 0 Å². The molecule has 1 atom stereocenters. The van der Waals surface area contributed by atoms with Crippen molar-refractivity contribution in [2.75, 3.05) is 38.2 Å². The van der Waals surface area contributed by atoms with E-state index in [1.165, 1.54) is 0 Å². The first-order chi connectivity index (χ1) is 9.72. The number of rotatable bonds is 3. The van der Waals surface area contributed by atoms with Crippen molar-refractivity contribution in [3.05, 3.63) is 23.9 Å². The number of aromatic nitrogens is 1. The Morgan fingerprint density at radius 1 is 1.55 bits per heavy atom. The Balaban J connectivity index is 1.71. The monoisotopic (exact) mass is 275 g/mol. The van der Waals surface area contributed by atoms with E-state index < -0.39 is 0 Å². The normalized spacial score (nSPS) is 25.4. The van der Waals surface area contributed by atoms with Gasteiger partial charge in [-0.05, 0) is 31.9 Å². The molecule has 1 N–H and O–H groups in total. The van der Waals surface area contributed by atoms with Crippen LogP contribution < -0.4 is 5.32 Å². The molecule has 0 bridgehead atoms. The Kier molecular flexibility index (Phi) is 3.61. The second-order valence-electron chi connectivity index (χ2n) is 5.74. The predicted molar refractivity (Wildman–Crippen MR) is 76.8 cm³/mol. The zero-order valence-electron chi connectivity index (χ0n) is 11.9. The average Bonchev–Trinajstić information content (AvgIpc) is 3.10. The lowest BCUT2D eigenvalue weighted by Gasteiger charge is -2.22. The molecule has 0 saturated carbocycles. The molecular formula is C15H21N3O2. The first-order valence-corrected chi connectivity index (χ1v) is 7.29. The van der Waals surface area contributed by atoms with Crippen molar-refractivity contribution in [2.45, 2.75) is 19.8 Å². The van der Waals surface area contributed by atoms with E-state index in [-0.39, 0.29) is 11.3 Å². The highest BCUT2D eigenvalue weighted by Gasteiger charge is 2.42. The number of carbonyl (C=O) groups is 1. The van der Waals surface area contributed by atoms with E-state index in [0.717, 1.165) is 51.5 Å². The number of hydrogen-bond donors (Lipinski definition) is 1. The van der Waals surface area contributed by atoms with Crippen molar-refractivity contribution >= 4 is 11.7 Å². The number of pyridine rings is 1. The third-order valence-corrected chi connectivity index (χ3v) is 4.28. The number of likely N-dealkylation sites (tertiary alicyclic amines) is 1. The van der Waals surface area contributed by atoms with Crippen molar-refractivity contribution < 1.29 is 9.53 Å². The maximum absolute atomic E-state index is 12.6. The lowest BCUT2D eigenvalue weighted by atomic mass is 9.87. The molecular weight excluding hydrogens is 254 g/mol. The van der Waals surface area contributed by atoms with Crippen molar-refractivity contribution in [3.8, 4) is 0 Å². The van der Waals surface area contributed by atoms with Crippen molar-refractivity contribution in [2.24, 2.45) is 5.41 Å². The largest absolute Gasteiger partial charge is 0.381 e. The summed E-state index contributed by atoms with van der Waals surface area (Å²) in [5.74, 6) is 0.867. The standard InChI is InChI=1S/C15H21N3O2/c1-2-16-13-9-12(3-6-17-13)14(19)18-7-4-15(10-18)5-8-20-11-15/h3,6,9H,2,4-5,7-8,10-11H2,1H3,(H,16,17)/t15-/m1/s1. The van der Waals surface area contributed by atoms with Crippen LogP contribution in [0.4, 0.5) is 5.82 Å². The van der Waals surface area contributed by atoms with Crippen LogP contribution in [0.25, 0.3) is 0 Å². The number of carbonyl (C=O) groups excluding carboxylic acids is 1. The molecule has 20 heavy (non-hydrogen) atoms. The van der Waals surface area contributed by atoms with Gasteiger partial charge in [0.25, 0.3) is 5.91 Å². The third-order valence-electron chi connectivity index (χ3n) is 4.28. The second-order valence-corrected chi connectivity index (χ2v) is 5.74. The molecule has 0 aromatic carbocycles. The number of hydrogen-bond acceptors (Lipinski definition) is 4. The van der Waals surface area contributed by atoms with E-state index in [4.69, 9.17) is 4.74 Å². The summed E-state index contributed by atoms with van der Waals surface area (Å²) in [5, 5.41) is 3.14. The number of amides is 1. The molecule has 5 nitrogen and oxygen atoms in total. The fourth-order valence-electron chi connectivity index (χ4n) is 3.10. The van der Waals surface area contributed by atoms with Gasteiger partial charge in [-0.1, -0.05) is 0 Å². The average molecular weight is 275 g/mol. The van der Waals surface area contributed by atoms with E-state index in [9.17, 15) is 4.79 Å². The van der Waals surface area contributed by atoms with Gasteiger partial charge in [0.15, 0.2) is 0 Å². The quantitative estimate of drug-likeness (QED) is 0.913. The Labute approximate surface area is 119 Å². The Hall–Kier alpha value is -1.62. The SMILES string of the molecule is CCNc1cc(C(=O)N2CC[C@@]3(CCOC3)C2)ccn1. The summed E-state index contributed by atoms with van der Waals surface area (Å²) in [5.41, 5.74) is 0.930. The summed E-state index contributed by atoms with van der Waals surface area (Å²) in [6, 6.07) is 3.63. The lowest BCUT2D eigenvalue weighted by molar-refractivity contribution is 0.0765. The highest BCUT2D eigenvalue weighted by atomic mass is 16.5. The van der Waals surface area contributed by atoms with Gasteiger partial charge in [0.1, 0.15) is 5.82 Å². The van der Waals surface area contributed by atoms with Crippen molar-refractivity contribution in [3.63, 3.8) is 0 Å². The van der Waals surface area contributed by atoms with Gasteiger partial charge in [-0.2, -0.15) is 0 Å². The molecule has 2 fully saturated rings. The Morgan fingerprint density at radius 2 is 2.45 bits per heavy atom. The molecule has 1 aromatic heterocycles. The van der Waals surface area contributed by atoms with Gasteiger partial charge in [0.05, 0.1) is 6.61 Å². The lowest BCUT2D eigenvalue weighted by Crippen LogP contribution is -2.32. The molecule has 5 heteroatoms. The highest BCUT2D eigenvalue weighted by molar-refractivity contribution is 5.95. The van der Waals surface area contributed by atoms with Crippen LogP contribution in [0, 0.1) is 5.41 Å². The van der Waals surface area contributed by atoms with Crippen LogP contribution in [0.3, 0.4) is 0 Å². The van der Waals surface area contributed by atoms with Gasteiger partial charge in [-0.3, -0.25) is 4.79 Å². The zero-order valence-corrected chi connectivity index (χ0v) is 11.9. The molecule has 1 amide bonds. The van der Waals surface area contributed by atoms with Gasteiger partial charge in [-0.25, -0.2) is 4.98 Å². The van der Waals surface area contributed by atoms with Gasteiger partial charge < -0.3 is 15.0 Å². The third kappa shape index (κ3) is 2.50. The second kappa shape index (κ2) is 5.40. The summed E-state index contributed by atoms with van der Waals surface area (Å²) in [6.07, 6.45) is 3.83. The molecule has 0 unspecified atom stereocenters. The van der Waals surface area contributed by atoms with Crippen LogP contribution in [-0.4, -0.2) is 48.6 Å². The maximum Gasteiger partial charge on any atom is 0.254 e. The van der Waals surface area contributed by atoms with Gasteiger partial charge >= 0.3 is 0 Å². The molecule has 3 heterocycles. The Morgan fingerprint density at radius 3 is 3.20 bits per heavy atom. The molecule has 2 saturated heterocycles. The summed E-state index contributed by atoms with van der Waals surface area (Å²) in [7, 11) is 0. The highest BCUT2D eigenvalue weighted by Crippen LogP contribution is 2.38. The zero-order chi connectivity index (χ0) is 14.0. The molecule has 2 aliphatic heterocycles. The maximum atomic E-state index is 12.6. The summed E-state index contributed by atoms with van der Waals surface area (Å²) >= 11 is 0. The van der Waals surface area contributed by atoms with E-state index in [1.807, 2.05) is 17.9 Å². The number of ether oxygens (including phenoxy) is 1. The summed E-state index contributed by atoms with van der Waals surface area (Å²) in [4.78, 5) is 18.7. The number of nitrogens with zero attached hydrogens (tertiary/aromatic N) is 2. The van der Waals surface area contributed by atoms with E-state index in [2.05, 4.69) is 10.3 Å². The minimum atomic E-state index is 0.107. The van der Waals surface area contributed by atoms with Crippen LogP contribution in [-0.2, 0) is 4.74 Å². The fourth-order valence-corrected chi connectivity index (χ4v) is 3.10. The van der Waals surface area contributed by atoms with Gasteiger partial charge in [0.2, 0.25) is 0 Å². The van der Waals surface area contributed by atoms with Gasteiger partial charge in [0, 0.05) is 43.4 Å². The smallest absolute Gasteiger partial charge is 0.254 e. The molecule has 1 aromatic rings. The van der Waals surface area contributed by atoms with Crippen molar-refractivity contribution in [1.82, 2.24) is 9.88 Å². The molecule has 0 aliphatic carbocycles. The van der Waals surface area contributed by atoms with Crippen LogP contribution >= 0.6 is 0 Å². The molecule has 2 aliphatic rings. The summed E-state index contributed by atoms with van der Waals surface area (Å²) in [6.45, 7) is 6.11. The van der Waals surface area contributed by atoms with Gasteiger partial charge in [-0.15, -0.1) is 0 Å². The number of anilines is 1. The first-order valence-electron chi connectivity index (χ1n) is 7.29. The topological polar surface area (TPSA) is 54.5 Å². The molecule has 3 rings (SSSR count). The Bertz CT molecular complexity index is 498. The minimum absolute atomic E-state index is 0.107. The molecule has 1 spiro atoms. The van der Waals surface area contributed by atoms with Crippen molar-refractivity contribution in [1.29, 1.82) is 0 Å². The summed E-state index contributed by atoms with van der Waals surface area (Å²) < 4.78 is 5.51. The van der Waals surface area contributed by atoms with Crippen LogP contribution in [0.5, 0.6) is 0 Å². The van der Waals surface area contributed by atoms with E-state index in [0.29, 0.717) is 5.56 Å². The van der Waals surface area contributed by atoms with E-state index in [1.54, 1.807) is 12.3 Å². The number of nitrogens with one attached hydrogen (secondary N) is 1. The minimum Gasteiger partial charge on any atom is -0.381 e. The fraction of sp³-hybridized carbons (Fsp3) is 0.600. The molecule has 0 radical (unpaired) electrons. The first kappa shape index (κ1) is 13.4. The van der Waals surface area contributed by atoms with Crippen LogP contribution in [0.1, 0.15) is 30.1 Å². The van der Waals surface area contributed by atoms with Crippen LogP contribution in [0.15, 0.2) is 18.3 Å².